The van der Waals surface area contributed by atoms with Gasteiger partial charge in [-0.25, -0.2) is 9.97 Å². The smallest absolute Gasteiger partial charge is 0.212 e. The lowest BCUT2D eigenvalue weighted by Gasteiger charge is -2.35. The molecule has 6 rings (SSSR count). The number of fused-ring (bicyclic) bond motifs is 3. The summed E-state index contributed by atoms with van der Waals surface area (Å²) in [4.78, 5) is 20.4. The van der Waals surface area contributed by atoms with Crippen LogP contribution in [0.25, 0.3) is 22.2 Å². The number of carbonyl (C=O) groups is 1. The third kappa shape index (κ3) is 3.47. The van der Waals surface area contributed by atoms with E-state index in [1.54, 1.807) is 6.20 Å². The van der Waals surface area contributed by atoms with Crippen LogP contribution in [0.1, 0.15) is 17.7 Å². The lowest BCUT2D eigenvalue weighted by atomic mass is 9.89. The van der Waals surface area contributed by atoms with E-state index in [4.69, 9.17) is 23.9 Å². The lowest BCUT2D eigenvalue weighted by Crippen LogP contribution is -2.38. The summed E-state index contributed by atoms with van der Waals surface area (Å²) < 4.78 is 25.7. The molecule has 0 radical (unpaired) electrons. The topological polar surface area (TPSA) is 96.7 Å². The van der Waals surface area contributed by atoms with Crippen molar-refractivity contribution in [3.63, 3.8) is 0 Å². The van der Waals surface area contributed by atoms with Crippen LogP contribution in [-0.2, 0) is 38.1 Å². The summed E-state index contributed by atoms with van der Waals surface area (Å²) in [5, 5.41) is 3.59. The van der Waals surface area contributed by atoms with E-state index >= 15 is 0 Å². The minimum absolute atomic E-state index is 0.418. The largest absolute Gasteiger partial charge is 0.493 e. The van der Waals surface area contributed by atoms with Gasteiger partial charge in [-0.05, 0) is 6.07 Å². The van der Waals surface area contributed by atoms with E-state index in [1.165, 1.54) is 0 Å². The normalized spacial score (nSPS) is 22.3. The first-order valence-electron chi connectivity index (χ1n) is 11.3. The summed E-state index contributed by atoms with van der Waals surface area (Å²) in [6, 6.07) is 3.91. The van der Waals surface area contributed by atoms with Crippen molar-refractivity contribution in [3.8, 4) is 17.0 Å². The van der Waals surface area contributed by atoms with Crippen LogP contribution in [0.3, 0.4) is 0 Å². The predicted octanol–water partition coefficient (Wildman–Crippen LogP) is 2.42. The Morgan fingerprint density at radius 3 is 2.97 bits per heavy atom. The van der Waals surface area contributed by atoms with Crippen LogP contribution in [0.5, 0.6) is 5.75 Å². The van der Waals surface area contributed by atoms with Crippen LogP contribution in [0.2, 0.25) is 0 Å². The van der Waals surface area contributed by atoms with E-state index in [1.807, 2.05) is 29.9 Å². The van der Waals surface area contributed by atoms with Crippen molar-refractivity contribution in [2.24, 2.45) is 13.0 Å². The van der Waals surface area contributed by atoms with Gasteiger partial charge in [-0.15, -0.1) is 0 Å². The molecule has 1 unspecified atom stereocenters. The van der Waals surface area contributed by atoms with Gasteiger partial charge in [0.05, 0.1) is 56.1 Å². The molecule has 1 amide bonds. The molecule has 2 saturated heterocycles. The first kappa shape index (κ1) is 20.6. The molecule has 0 saturated carbocycles. The van der Waals surface area contributed by atoms with Gasteiger partial charge >= 0.3 is 0 Å². The first-order chi connectivity index (χ1) is 16.2. The maximum absolute atomic E-state index is 11.0. The number of pyridine rings is 2. The molecule has 9 heteroatoms. The minimum atomic E-state index is -0.530. The fraction of sp³-hybridized carbons (Fsp3) is 0.458. The Labute approximate surface area is 191 Å². The number of rotatable bonds is 6. The van der Waals surface area contributed by atoms with E-state index in [0.717, 1.165) is 65.2 Å². The monoisotopic (exact) mass is 450 g/mol. The van der Waals surface area contributed by atoms with Crippen molar-refractivity contribution < 1.29 is 23.7 Å². The fourth-order valence-corrected chi connectivity index (χ4v) is 4.91. The van der Waals surface area contributed by atoms with Crippen LogP contribution in [0.15, 0.2) is 24.5 Å². The number of nitrogens with one attached hydrogen (secondary N) is 1. The van der Waals surface area contributed by atoms with Crippen molar-refractivity contribution in [1.82, 2.24) is 14.5 Å². The zero-order valence-corrected chi connectivity index (χ0v) is 18.5. The van der Waals surface area contributed by atoms with Gasteiger partial charge in [-0.1, -0.05) is 0 Å². The van der Waals surface area contributed by atoms with Gasteiger partial charge in [0.1, 0.15) is 17.2 Å². The van der Waals surface area contributed by atoms with Crippen molar-refractivity contribution in [3.05, 3.63) is 35.8 Å². The number of nitrogens with zero attached hydrogens (tertiary/aromatic N) is 3. The second kappa shape index (κ2) is 8.09. The zero-order valence-electron chi connectivity index (χ0n) is 18.5. The quantitative estimate of drug-likeness (QED) is 0.576. The van der Waals surface area contributed by atoms with Crippen LogP contribution in [0, 0.1) is 5.92 Å². The van der Waals surface area contributed by atoms with E-state index in [2.05, 4.69) is 10.3 Å². The molecule has 33 heavy (non-hydrogen) atoms. The number of anilines is 1. The standard InChI is InChI=1S/C24H26N4O5/c1-28-9-18(17-6-22(26-14-29)25-8-20(17)28)19-7-21(32-12-15-10-31-11-15)16-2-4-33-24(23(16)27-19)3-5-30-13-24/h6-9,14-15H,2-5,10-13H2,1H3,(H,25,26,29). The second-order valence-electron chi connectivity index (χ2n) is 8.95. The predicted molar refractivity (Wildman–Crippen MR) is 120 cm³/mol. The SMILES string of the molecule is Cn1cc(-c2cc(OCC3COC3)c3c(n2)C2(CCOC2)OCC3)c2cc(NC=O)ncc21. The van der Waals surface area contributed by atoms with Gasteiger partial charge in [0.15, 0.2) is 0 Å². The van der Waals surface area contributed by atoms with Crippen LogP contribution >= 0.6 is 0 Å². The number of amides is 1. The molecule has 3 aliphatic heterocycles. The Morgan fingerprint density at radius 2 is 2.21 bits per heavy atom. The maximum atomic E-state index is 11.0. The van der Waals surface area contributed by atoms with Gasteiger partial charge in [0.25, 0.3) is 0 Å². The number of hydrogen-bond acceptors (Lipinski definition) is 7. The number of carbonyl (C=O) groups excluding carboxylic acids is 1. The maximum Gasteiger partial charge on any atom is 0.212 e. The number of ether oxygens (including phenoxy) is 4. The summed E-state index contributed by atoms with van der Waals surface area (Å²) in [6.07, 6.45) is 5.96. The average molecular weight is 450 g/mol. The van der Waals surface area contributed by atoms with Gasteiger partial charge in [0.2, 0.25) is 6.41 Å². The lowest BCUT2D eigenvalue weighted by molar-refractivity contribution is -0.105. The summed E-state index contributed by atoms with van der Waals surface area (Å²) in [5.41, 5.74) is 4.20. The average Bonchev–Trinajstić information content (AvgIpc) is 3.38. The van der Waals surface area contributed by atoms with E-state index in [0.29, 0.717) is 44.6 Å². The third-order valence-corrected chi connectivity index (χ3v) is 6.77. The van der Waals surface area contributed by atoms with Crippen LogP contribution in [-0.4, -0.2) is 60.6 Å². The first-order valence-corrected chi connectivity index (χ1v) is 11.3. The molecule has 1 N–H and O–H groups in total. The van der Waals surface area contributed by atoms with Crippen LogP contribution in [0.4, 0.5) is 5.82 Å². The highest BCUT2D eigenvalue weighted by atomic mass is 16.6. The summed E-state index contributed by atoms with van der Waals surface area (Å²) in [6.45, 7) is 3.88. The molecule has 172 valence electrons. The van der Waals surface area contributed by atoms with Crippen molar-refractivity contribution >= 4 is 23.1 Å². The molecule has 0 aromatic carbocycles. The molecule has 6 heterocycles. The van der Waals surface area contributed by atoms with Gasteiger partial charge in [-0.2, -0.15) is 0 Å². The molecule has 9 nitrogen and oxygen atoms in total. The van der Waals surface area contributed by atoms with Crippen molar-refractivity contribution in [1.29, 1.82) is 0 Å². The Kier molecular flexibility index (Phi) is 5.05. The summed E-state index contributed by atoms with van der Waals surface area (Å²) in [5.74, 6) is 1.77. The fourth-order valence-electron chi connectivity index (χ4n) is 4.91. The highest BCUT2D eigenvalue weighted by Gasteiger charge is 2.44. The van der Waals surface area contributed by atoms with E-state index in [9.17, 15) is 4.79 Å². The summed E-state index contributed by atoms with van der Waals surface area (Å²) in [7, 11) is 1.97. The van der Waals surface area contributed by atoms with E-state index < -0.39 is 5.60 Å². The summed E-state index contributed by atoms with van der Waals surface area (Å²) >= 11 is 0. The molecular formula is C24H26N4O5. The highest BCUT2D eigenvalue weighted by molar-refractivity contribution is 5.97. The molecule has 1 spiro atoms. The van der Waals surface area contributed by atoms with Gasteiger partial charge in [-0.3, -0.25) is 4.79 Å². The Morgan fingerprint density at radius 1 is 1.30 bits per heavy atom. The van der Waals surface area contributed by atoms with E-state index in [-0.39, 0.29) is 0 Å². The molecule has 0 aliphatic carbocycles. The minimum Gasteiger partial charge on any atom is -0.493 e. The van der Waals surface area contributed by atoms with Gasteiger partial charge < -0.3 is 28.8 Å². The number of aryl methyl sites for hydroxylation is 1. The molecule has 1 atom stereocenters. The van der Waals surface area contributed by atoms with Crippen LogP contribution < -0.4 is 10.1 Å². The second-order valence-corrected chi connectivity index (χ2v) is 8.95. The third-order valence-electron chi connectivity index (χ3n) is 6.77. The number of hydrogen-bond donors (Lipinski definition) is 1. The molecule has 3 aromatic rings. The molecule has 2 fully saturated rings. The molecule has 0 bridgehead atoms. The zero-order chi connectivity index (χ0) is 22.4. The molecule has 3 aliphatic rings. The number of aromatic nitrogens is 3. The Balaban J connectivity index is 1.50. The molecule has 3 aromatic heterocycles. The van der Waals surface area contributed by atoms with Gasteiger partial charge in [0, 0.05) is 61.2 Å². The highest BCUT2D eigenvalue weighted by Crippen LogP contribution is 2.44. The van der Waals surface area contributed by atoms with Crippen molar-refractivity contribution in [2.75, 3.05) is 45.0 Å². The van der Waals surface area contributed by atoms with Crippen molar-refractivity contribution in [2.45, 2.75) is 18.4 Å². The Bertz CT molecular complexity index is 1210. The Hall–Kier alpha value is -3.01. The molecular weight excluding hydrogens is 424 g/mol.